The first kappa shape index (κ1) is 23.9. The van der Waals surface area contributed by atoms with E-state index in [4.69, 9.17) is 4.74 Å². The summed E-state index contributed by atoms with van der Waals surface area (Å²) in [5.74, 6) is 0.624. The second-order valence-electron chi connectivity index (χ2n) is 7.59. The van der Waals surface area contributed by atoms with E-state index in [0.29, 0.717) is 18.8 Å². The molecule has 1 amide bonds. The molecule has 2 aromatic carbocycles. The molecular weight excluding hydrogens is 402 g/mol. The molecule has 30 heavy (non-hydrogen) atoms. The zero-order valence-electron chi connectivity index (χ0n) is 18.3. The lowest BCUT2D eigenvalue weighted by atomic mass is 10.2. The van der Waals surface area contributed by atoms with Crippen molar-refractivity contribution in [1.82, 2.24) is 9.21 Å². The number of anilines is 1. The molecule has 8 heteroatoms. The van der Waals surface area contributed by atoms with Gasteiger partial charge in [0.2, 0.25) is 15.9 Å². The average Bonchev–Trinajstić information content (AvgIpc) is 2.69. The summed E-state index contributed by atoms with van der Waals surface area (Å²) in [6, 6.07) is 13.9. The first-order valence-corrected chi connectivity index (χ1v) is 11.3. The van der Waals surface area contributed by atoms with E-state index >= 15 is 0 Å². The van der Waals surface area contributed by atoms with Gasteiger partial charge in [-0.1, -0.05) is 17.7 Å². The maximum Gasteiger partial charge on any atom is 0.243 e. The number of benzene rings is 2. The average molecular weight is 434 g/mol. The number of aryl methyl sites for hydroxylation is 1. The van der Waals surface area contributed by atoms with Crippen LogP contribution in [0.1, 0.15) is 19.4 Å². The van der Waals surface area contributed by atoms with Gasteiger partial charge < -0.3 is 10.1 Å². The van der Waals surface area contributed by atoms with E-state index < -0.39 is 10.0 Å². The molecular formula is C22H31N3O4S. The van der Waals surface area contributed by atoms with Gasteiger partial charge in [-0.3, -0.25) is 9.69 Å². The van der Waals surface area contributed by atoms with Gasteiger partial charge in [0, 0.05) is 25.3 Å². The molecule has 0 unspecified atom stereocenters. The molecule has 2 aromatic rings. The van der Waals surface area contributed by atoms with Gasteiger partial charge in [-0.2, -0.15) is 4.31 Å². The first-order valence-electron chi connectivity index (χ1n) is 9.85. The summed E-state index contributed by atoms with van der Waals surface area (Å²) >= 11 is 0. The molecule has 0 fully saturated rings. The van der Waals surface area contributed by atoms with Crippen molar-refractivity contribution >= 4 is 21.6 Å². The molecule has 0 saturated carbocycles. The summed E-state index contributed by atoms with van der Waals surface area (Å²) in [4.78, 5) is 14.3. The highest BCUT2D eigenvalue weighted by molar-refractivity contribution is 7.89. The number of ether oxygens (including phenoxy) is 1. The Kier molecular flexibility index (Phi) is 8.40. The number of hydrogen-bond acceptors (Lipinski definition) is 5. The Bertz CT molecular complexity index is 926. The van der Waals surface area contributed by atoms with Crippen molar-refractivity contribution in [3.05, 3.63) is 54.1 Å². The van der Waals surface area contributed by atoms with Gasteiger partial charge in [-0.25, -0.2) is 8.42 Å². The Balaban J connectivity index is 1.82. The molecule has 7 nitrogen and oxygen atoms in total. The van der Waals surface area contributed by atoms with Crippen LogP contribution in [-0.4, -0.2) is 63.4 Å². The Morgan fingerprint density at radius 3 is 2.20 bits per heavy atom. The smallest absolute Gasteiger partial charge is 0.243 e. The number of carbonyl (C=O) groups excluding carboxylic acids is 1. The van der Waals surface area contributed by atoms with Crippen LogP contribution >= 0.6 is 0 Å². The Morgan fingerprint density at radius 1 is 1.03 bits per heavy atom. The van der Waals surface area contributed by atoms with Crippen molar-refractivity contribution in [2.75, 3.05) is 39.1 Å². The number of nitrogens with zero attached hydrogens (tertiary/aromatic N) is 2. The third-order valence-corrected chi connectivity index (χ3v) is 6.77. The molecule has 1 N–H and O–H groups in total. The van der Waals surface area contributed by atoms with Gasteiger partial charge in [0.25, 0.3) is 0 Å². The molecule has 0 radical (unpaired) electrons. The fourth-order valence-electron chi connectivity index (χ4n) is 2.63. The van der Waals surface area contributed by atoms with Gasteiger partial charge in [0.15, 0.2) is 0 Å². The van der Waals surface area contributed by atoms with Crippen LogP contribution in [0.25, 0.3) is 0 Å². The summed E-state index contributed by atoms with van der Waals surface area (Å²) in [6.07, 6.45) is 0. The van der Waals surface area contributed by atoms with Crippen molar-refractivity contribution < 1.29 is 17.9 Å². The van der Waals surface area contributed by atoms with E-state index in [1.165, 1.54) is 22.0 Å². The van der Waals surface area contributed by atoms with Gasteiger partial charge in [-0.05, 0) is 64.2 Å². The molecule has 0 spiro atoms. The number of rotatable bonds is 10. The molecule has 0 aliphatic heterocycles. The van der Waals surface area contributed by atoms with Crippen LogP contribution in [0.2, 0.25) is 0 Å². The SMILES string of the molecule is Cc1ccc(OCCN(C)CC(=O)Nc2ccc(S(=O)(=O)N(C)C(C)C)cc2)cc1. The van der Waals surface area contributed by atoms with Gasteiger partial charge in [0.05, 0.1) is 11.4 Å². The predicted octanol–water partition coefficient (Wildman–Crippen LogP) is 2.97. The monoisotopic (exact) mass is 433 g/mol. The Labute approximate surface area is 179 Å². The fourth-order valence-corrected chi connectivity index (χ4v) is 4.00. The maximum atomic E-state index is 12.5. The van der Waals surface area contributed by atoms with Gasteiger partial charge in [0.1, 0.15) is 12.4 Å². The largest absolute Gasteiger partial charge is 0.492 e. The zero-order valence-corrected chi connectivity index (χ0v) is 19.1. The molecule has 164 valence electrons. The minimum Gasteiger partial charge on any atom is -0.492 e. The number of nitrogens with one attached hydrogen (secondary N) is 1. The lowest BCUT2D eigenvalue weighted by Crippen LogP contribution is -2.33. The third kappa shape index (κ3) is 6.83. The molecule has 2 rings (SSSR count). The highest BCUT2D eigenvalue weighted by Gasteiger charge is 2.22. The van der Waals surface area contributed by atoms with Crippen LogP contribution in [0.3, 0.4) is 0 Å². The van der Waals surface area contributed by atoms with E-state index in [0.717, 1.165) is 5.75 Å². The summed E-state index contributed by atoms with van der Waals surface area (Å²) in [6.45, 7) is 6.92. The summed E-state index contributed by atoms with van der Waals surface area (Å²) < 4.78 is 32.0. The van der Waals surface area contributed by atoms with Crippen LogP contribution in [-0.2, 0) is 14.8 Å². The quantitative estimate of drug-likeness (QED) is 0.623. The number of hydrogen-bond donors (Lipinski definition) is 1. The van der Waals surface area contributed by atoms with E-state index in [9.17, 15) is 13.2 Å². The number of carbonyl (C=O) groups is 1. The summed E-state index contributed by atoms with van der Waals surface area (Å²) in [5, 5.41) is 2.79. The number of amides is 1. The van der Waals surface area contributed by atoms with Crippen LogP contribution in [0.15, 0.2) is 53.4 Å². The highest BCUT2D eigenvalue weighted by atomic mass is 32.2. The van der Waals surface area contributed by atoms with Crippen LogP contribution < -0.4 is 10.1 Å². The second-order valence-corrected chi connectivity index (χ2v) is 9.58. The molecule has 0 aliphatic carbocycles. The normalized spacial score (nSPS) is 11.9. The van der Waals surface area contributed by atoms with E-state index in [2.05, 4.69) is 5.32 Å². The standard InChI is InChI=1S/C22H31N3O4S/c1-17(2)25(5)30(27,28)21-12-8-19(9-13-21)23-22(26)16-24(4)14-15-29-20-10-6-18(3)7-11-20/h6-13,17H,14-16H2,1-5H3,(H,23,26). The first-order chi connectivity index (χ1) is 14.1. The number of likely N-dealkylation sites (N-methyl/N-ethyl adjacent to an activating group) is 1. The molecule has 0 atom stereocenters. The molecule has 0 aromatic heterocycles. The van der Waals surface area contributed by atoms with Gasteiger partial charge >= 0.3 is 0 Å². The lowest BCUT2D eigenvalue weighted by molar-refractivity contribution is -0.117. The summed E-state index contributed by atoms with van der Waals surface area (Å²) in [7, 11) is -0.147. The van der Waals surface area contributed by atoms with E-state index in [1.807, 2.05) is 57.0 Å². The minimum atomic E-state index is -3.54. The Morgan fingerprint density at radius 2 is 1.63 bits per heavy atom. The molecule has 0 bridgehead atoms. The van der Waals surface area contributed by atoms with Crippen molar-refractivity contribution in [2.45, 2.75) is 31.7 Å². The zero-order chi connectivity index (χ0) is 22.3. The third-order valence-electron chi connectivity index (χ3n) is 4.72. The minimum absolute atomic E-state index is 0.139. The predicted molar refractivity (Wildman–Crippen MR) is 119 cm³/mol. The van der Waals surface area contributed by atoms with E-state index in [1.54, 1.807) is 19.2 Å². The molecule has 0 heterocycles. The number of sulfonamides is 1. The second kappa shape index (κ2) is 10.6. The van der Waals surface area contributed by atoms with Gasteiger partial charge in [-0.15, -0.1) is 0 Å². The fraction of sp³-hybridized carbons (Fsp3) is 0.409. The highest BCUT2D eigenvalue weighted by Crippen LogP contribution is 2.19. The Hall–Kier alpha value is -2.42. The lowest BCUT2D eigenvalue weighted by Gasteiger charge is -2.21. The van der Waals surface area contributed by atoms with Crippen molar-refractivity contribution in [2.24, 2.45) is 0 Å². The van der Waals surface area contributed by atoms with Crippen LogP contribution in [0, 0.1) is 6.92 Å². The van der Waals surface area contributed by atoms with E-state index in [-0.39, 0.29) is 23.4 Å². The summed E-state index contributed by atoms with van der Waals surface area (Å²) in [5.41, 5.74) is 1.73. The van der Waals surface area contributed by atoms with Crippen molar-refractivity contribution in [3.8, 4) is 5.75 Å². The van der Waals surface area contributed by atoms with Crippen LogP contribution in [0.4, 0.5) is 5.69 Å². The topological polar surface area (TPSA) is 79.0 Å². The van der Waals surface area contributed by atoms with Crippen molar-refractivity contribution in [1.29, 1.82) is 0 Å². The van der Waals surface area contributed by atoms with Crippen LogP contribution in [0.5, 0.6) is 5.75 Å². The molecule has 0 saturated heterocycles. The van der Waals surface area contributed by atoms with Crippen molar-refractivity contribution in [3.63, 3.8) is 0 Å². The maximum absolute atomic E-state index is 12.5. The molecule has 0 aliphatic rings.